The first kappa shape index (κ1) is 53.8. The van der Waals surface area contributed by atoms with Gasteiger partial charge in [-0.1, -0.05) is 232 Å². The minimum absolute atomic E-state index is 0.520. The highest BCUT2D eigenvalue weighted by Crippen LogP contribution is 2.44. The molecule has 0 heterocycles. The molecule has 51 heavy (non-hydrogen) atoms. The normalized spacial score (nSPS) is 13.0. The van der Waals surface area contributed by atoms with Crippen LogP contribution >= 0.6 is 0 Å². The molecule has 0 nitrogen and oxygen atoms in total. The van der Waals surface area contributed by atoms with Crippen molar-refractivity contribution in [1.29, 1.82) is 0 Å². The van der Waals surface area contributed by atoms with Gasteiger partial charge < -0.3 is 0 Å². The monoisotopic (exact) mass is 709 g/mol. The number of allylic oxidation sites excluding steroid dienone is 12. The molecule has 1 unspecified atom stereocenters. The van der Waals surface area contributed by atoms with Crippen molar-refractivity contribution in [1.82, 2.24) is 0 Å². The van der Waals surface area contributed by atoms with Crippen molar-refractivity contribution in [2.75, 3.05) is 0 Å². The first-order valence-corrected chi connectivity index (χ1v) is 23.0. The molecule has 0 N–H and O–H groups in total. The topological polar surface area (TPSA) is 0 Å². The van der Waals surface area contributed by atoms with Crippen molar-refractivity contribution in [3.63, 3.8) is 0 Å². The van der Waals surface area contributed by atoms with Crippen LogP contribution in [-0.4, -0.2) is 0 Å². The Morgan fingerprint density at radius 2 is 0.686 bits per heavy atom. The molecule has 1 atom stereocenters. The Morgan fingerprint density at radius 3 is 1.02 bits per heavy atom. The number of hydrogen-bond donors (Lipinski definition) is 0. The molecule has 300 valence electrons. The molecular formula is C51H96. The molecule has 0 aromatic carbocycles. The van der Waals surface area contributed by atoms with Crippen LogP contribution < -0.4 is 0 Å². The van der Waals surface area contributed by atoms with E-state index < -0.39 is 0 Å². The number of rotatable bonds is 34. The molecule has 0 saturated carbocycles. The standard InChI is InChI=1S/C47H84.2C2H6/c1-7-11-13-15-17-19-21-23-25-27-29-31-33-35-37-39-43-47(6,45(5)46(41-9-3)42-10-4)44-40-38-36-34-32-30-28-26-24-22-20-18-16-14-12-8-2;2*1-2/h11-14,17-20,23-26,45-46H,7-10,15-16,21-22,27-44H2,1-6H3;2*1-2H3/b13-11-,14-12-,19-17-,20-18-,25-23-,26-24-;;. The smallest absolute Gasteiger partial charge is 0.0169 e. The van der Waals surface area contributed by atoms with Gasteiger partial charge in [0.25, 0.3) is 0 Å². The summed E-state index contributed by atoms with van der Waals surface area (Å²) >= 11 is 0. The third kappa shape index (κ3) is 38.0. The molecule has 0 amide bonds. The summed E-state index contributed by atoms with van der Waals surface area (Å²) in [6.07, 6.45) is 62.1. The highest BCUT2D eigenvalue weighted by molar-refractivity contribution is 4.98. The van der Waals surface area contributed by atoms with Crippen LogP contribution in [0.2, 0.25) is 0 Å². The first-order chi connectivity index (χ1) is 25.1. The van der Waals surface area contributed by atoms with Crippen LogP contribution in [0.15, 0.2) is 72.9 Å². The molecule has 0 aliphatic carbocycles. The number of unbranched alkanes of at least 4 members (excludes halogenated alkanes) is 12. The van der Waals surface area contributed by atoms with Crippen LogP contribution in [0, 0.1) is 17.3 Å². The first-order valence-electron chi connectivity index (χ1n) is 23.0. The van der Waals surface area contributed by atoms with E-state index in [4.69, 9.17) is 0 Å². The summed E-state index contributed by atoms with van der Waals surface area (Å²) in [5.74, 6) is 1.77. The van der Waals surface area contributed by atoms with Crippen LogP contribution in [0.25, 0.3) is 0 Å². The van der Waals surface area contributed by atoms with Crippen molar-refractivity contribution in [3.8, 4) is 0 Å². The minimum atomic E-state index is 0.520. The molecule has 0 bridgehead atoms. The molecule has 0 rings (SSSR count). The quantitative estimate of drug-likeness (QED) is 0.0461. The zero-order chi connectivity index (χ0) is 38.5. The van der Waals surface area contributed by atoms with Crippen LogP contribution in [0.4, 0.5) is 0 Å². The fraction of sp³-hybridized carbons (Fsp3) is 0.765. The van der Waals surface area contributed by atoms with Gasteiger partial charge in [0.1, 0.15) is 0 Å². The molecule has 0 fully saturated rings. The highest BCUT2D eigenvalue weighted by Gasteiger charge is 2.34. The zero-order valence-electron chi connectivity index (χ0n) is 37.0. The van der Waals surface area contributed by atoms with Crippen molar-refractivity contribution in [2.24, 2.45) is 17.3 Å². The van der Waals surface area contributed by atoms with E-state index in [1.54, 1.807) is 0 Å². The molecule has 0 aromatic rings. The lowest BCUT2D eigenvalue weighted by atomic mass is 9.64. The predicted molar refractivity (Wildman–Crippen MR) is 241 cm³/mol. The minimum Gasteiger partial charge on any atom is -0.0885 e. The molecule has 0 aliphatic rings. The maximum Gasteiger partial charge on any atom is -0.0169 e. The Kier molecular flexibility index (Phi) is 49.0. The molecule has 0 aliphatic heterocycles. The van der Waals surface area contributed by atoms with E-state index >= 15 is 0 Å². The van der Waals surface area contributed by atoms with Gasteiger partial charge in [0.15, 0.2) is 0 Å². The summed E-state index contributed by atoms with van der Waals surface area (Å²) in [4.78, 5) is 0. The van der Waals surface area contributed by atoms with E-state index in [-0.39, 0.29) is 0 Å². The van der Waals surface area contributed by atoms with Gasteiger partial charge in [-0.2, -0.15) is 0 Å². The van der Waals surface area contributed by atoms with Crippen LogP contribution in [0.5, 0.6) is 0 Å². The van der Waals surface area contributed by atoms with Crippen molar-refractivity contribution in [3.05, 3.63) is 72.9 Å². The SMILES string of the molecule is CC.CC.CC/C=C\C/C=C\C/C=C\CCCCCCCCC(C)(CCCCCCCC/C=C\C/C=C\C/C=C\CC)C(C)C(CCC)CCC. The van der Waals surface area contributed by atoms with Gasteiger partial charge >= 0.3 is 0 Å². The van der Waals surface area contributed by atoms with Gasteiger partial charge in [-0.25, -0.2) is 0 Å². The summed E-state index contributed by atoms with van der Waals surface area (Å²) in [6, 6.07) is 0. The van der Waals surface area contributed by atoms with E-state index in [0.717, 1.165) is 50.4 Å². The lowest BCUT2D eigenvalue weighted by molar-refractivity contribution is 0.0919. The zero-order valence-corrected chi connectivity index (χ0v) is 37.0. The van der Waals surface area contributed by atoms with Gasteiger partial charge in [-0.15, -0.1) is 0 Å². The lowest BCUT2D eigenvalue weighted by Crippen LogP contribution is -2.31. The van der Waals surface area contributed by atoms with Gasteiger partial charge in [0, 0.05) is 0 Å². The third-order valence-electron chi connectivity index (χ3n) is 10.4. The van der Waals surface area contributed by atoms with Crippen LogP contribution in [0.1, 0.15) is 236 Å². The van der Waals surface area contributed by atoms with E-state index in [1.807, 2.05) is 27.7 Å². The van der Waals surface area contributed by atoms with Crippen molar-refractivity contribution in [2.45, 2.75) is 236 Å². The van der Waals surface area contributed by atoms with Crippen LogP contribution in [0.3, 0.4) is 0 Å². The molecule has 0 radical (unpaired) electrons. The summed E-state index contributed by atoms with van der Waals surface area (Å²) in [5.41, 5.74) is 0.520. The highest BCUT2D eigenvalue weighted by atomic mass is 14.4. The second kappa shape index (κ2) is 46.5. The summed E-state index contributed by atoms with van der Waals surface area (Å²) < 4.78 is 0. The maximum atomic E-state index is 2.68. The second-order valence-electron chi connectivity index (χ2n) is 14.7. The Bertz CT molecular complexity index is 742. The summed E-state index contributed by atoms with van der Waals surface area (Å²) in [7, 11) is 0. The Hall–Kier alpha value is -1.56. The summed E-state index contributed by atoms with van der Waals surface area (Å²) in [5, 5.41) is 0. The molecular weight excluding hydrogens is 613 g/mol. The lowest BCUT2D eigenvalue weighted by Gasteiger charge is -2.41. The largest absolute Gasteiger partial charge is 0.0885 e. The molecule has 0 saturated heterocycles. The average Bonchev–Trinajstić information content (AvgIpc) is 3.15. The van der Waals surface area contributed by atoms with Gasteiger partial charge in [0.05, 0.1) is 0 Å². The van der Waals surface area contributed by atoms with E-state index in [1.165, 1.54) is 128 Å². The van der Waals surface area contributed by atoms with E-state index in [2.05, 4.69) is 114 Å². The third-order valence-corrected chi connectivity index (χ3v) is 10.4. The Balaban J connectivity index is -0.00000554. The van der Waals surface area contributed by atoms with Crippen molar-refractivity contribution >= 4 is 0 Å². The van der Waals surface area contributed by atoms with Gasteiger partial charge in [0.2, 0.25) is 0 Å². The second-order valence-corrected chi connectivity index (χ2v) is 14.7. The Morgan fingerprint density at radius 1 is 0.392 bits per heavy atom. The molecule has 0 aromatic heterocycles. The fourth-order valence-corrected chi connectivity index (χ4v) is 7.18. The van der Waals surface area contributed by atoms with E-state index in [9.17, 15) is 0 Å². The Labute approximate surface area is 325 Å². The molecule has 0 heteroatoms. The number of hydrogen-bond acceptors (Lipinski definition) is 0. The van der Waals surface area contributed by atoms with Gasteiger partial charge in [-0.05, 0) is 94.3 Å². The summed E-state index contributed by atoms with van der Waals surface area (Å²) in [6.45, 7) is 22.5. The van der Waals surface area contributed by atoms with Crippen LogP contribution in [-0.2, 0) is 0 Å². The maximum absolute atomic E-state index is 2.68. The van der Waals surface area contributed by atoms with Gasteiger partial charge in [-0.3, -0.25) is 0 Å². The average molecular weight is 709 g/mol. The van der Waals surface area contributed by atoms with E-state index in [0.29, 0.717) is 5.41 Å². The molecule has 0 spiro atoms. The van der Waals surface area contributed by atoms with Crippen molar-refractivity contribution < 1.29 is 0 Å². The fourth-order valence-electron chi connectivity index (χ4n) is 7.18. The predicted octanol–water partition coefficient (Wildman–Crippen LogP) is 18.9.